The summed E-state index contributed by atoms with van der Waals surface area (Å²) in [5.74, 6) is -0.839. The van der Waals surface area contributed by atoms with Crippen LogP contribution in [0.1, 0.15) is 35.7 Å². The molecule has 0 aliphatic carbocycles. The lowest BCUT2D eigenvalue weighted by Crippen LogP contribution is -2.28. The molecule has 1 unspecified atom stereocenters. The molecule has 1 aromatic carbocycles. The van der Waals surface area contributed by atoms with Crippen LogP contribution in [0.25, 0.3) is 0 Å². The molecule has 1 N–H and O–H groups in total. The van der Waals surface area contributed by atoms with Crippen LogP contribution in [-0.2, 0) is 0 Å². The van der Waals surface area contributed by atoms with Crippen LogP contribution in [0.3, 0.4) is 0 Å². The van der Waals surface area contributed by atoms with Gasteiger partial charge in [-0.05, 0) is 44.4 Å². The minimum Gasteiger partial charge on any atom is -0.478 e. The third-order valence-electron chi connectivity index (χ3n) is 3.25. The monoisotopic (exact) mass is 219 g/mol. The van der Waals surface area contributed by atoms with Crippen molar-refractivity contribution in [2.45, 2.75) is 32.7 Å². The zero-order chi connectivity index (χ0) is 11.7. The zero-order valence-corrected chi connectivity index (χ0v) is 9.73. The predicted octanol–water partition coefficient (Wildman–Crippen LogP) is 2.68. The number of carboxylic acid groups (broad SMARTS) is 1. The molecule has 16 heavy (non-hydrogen) atoms. The van der Waals surface area contributed by atoms with Crippen molar-refractivity contribution < 1.29 is 9.90 Å². The maximum absolute atomic E-state index is 11.2. The summed E-state index contributed by atoms with van der Waals surface area (Å²) in [5.41, 5.74) is 2.40. The Labute approximate surface area is 95.7 Å². The largest absolute Gasteiger partial charge is 0.478 e. The highest BCUT2D eigenvalue weighted by Crippen LogP contribution is 2.29. The van der Waals surface area contributed by atoms with E-state index in [9.17, 15) is 9.90 Å². The molecular formula is C13H17NO2. The Balaban J connectivity index is 2.44. The third kappa shape index (κ3) is 1.90. The van der Waals surface area contributed by atoms with Crippen LogP contribution >= 0.6 is 0 Å². The van der Waals surface area contributed by atoms with Gasteiger partial charge in [-0.15, -0.1) is 0 Å². The molecule has 1 heterocycles. The molecule has 1 aliphatic rings. The second kappa shape index (κ2) is 4.16. The maximum Gasteiger partial charge on any atom is 0.337 e. The van der Waals surface area contributed by atoms with Gasteiger partial charge in [0.05, 0.1) is 11.3 Å². The van der Waals surface area contributed by atoms with Crippen LogP contribution in [-0.4, -0.2) is 23.7 Å². The molecule has 1 aromatic rings. The smallest absolute Gasteiger partial charge is 0.337 e. The highest BCUT2D eigenvalue weighted by atomic mass is 16.4. The molecule has 0 radical (unpaired) electrons. The molecule has 1 atom stereocenters. The molecule has 1 saturated heterocycles. The molecule has 86 valence electrons. The van der Waals surface area contributed by atoms with Gasteiger partial charge in [0.2, 0.25) is 0 Å². The van der Waals surface area contributed by atoms with Crippen molar-refractivity contribution >= 4 is 11.7 Å². The lowest BCUT2D eigenvalue weighted by atomic mass is 10.1. The summed E-state index contributed by atoms with van der Waals surface area (Å²) in [4.78, 5) is 13.4. The van der Waals surface area contributed by atoms with Crippen molar-refractivity contribution in [1.82, 2.24) is 0 Å². The van der Waals surface area contributed by atoms with Gasteiger partial charge in [0.25, 0.3) is 0 Å². The van der Waals surface area contributed by atoms with Crippen LogP contribution in [0, 0.1) is 6.92 Å². The zero-order valence-electron chi connectivity index (χ0n) is 9.73. The first-order valence-electron chi connectivity index (χ1n) is 5.70. The molecule has 2 rings (SSSR count). The van der Waals surface area contributed by atoms with Gasteiger partial charge in [0.15, 0.2) is 0 Å². The van der Waals surface area contributed by atoms with E-state index in [1.807, 2.05) is 19.1 Å². The van der Waals surface area contributed by atoms with E-state index in [1.54, 1.807) is 6.07 Å². The highest BCUT2D eigenvalue weighted by Gasteiger charge is 2.24. The Morgan fingerprint density at radius 1 is 1.50 bits per heavy atom. The number of nitrogens with zero attached hydrogens (tertiary/aromatic N) is 1. The van der Waals surface area contributed by atoms with Gasteiger partial charge in [-0.2, -0.15) is 0 Å². The van der Waals surface area contributed by atoms with Gasteiger partial charge >= 0.3 is 5.97 Å². The Morgan fingerprint density at radius 3 is 2.81 bits per heavy atom. The number of aromatic carboxylic acids is 1. The molecule has 0 amide bonds. The lowest BCUT2D eigenvalue weighted by Gasteiger charge is -2.25. The molecule has 0 bridgehead atoms. The fourth-order valence-electron chi connectivity index (χ4n) is 2.35. The van der Waals surface area contributed by atoms with E-state index in [4.69, 9.17) is 0 Å². The number of hydrogen-bond donors (Lipinski definition) is 1. The van der Waals surface area contributed by atoms with Gasteiger partial charge < -0.3 is 10.0 Å². The molecule has 3 heteroatoms. The number of hydrogen-bond acceptors (Lipinski definition) is 2. The van der Waals surface area contributed by atoms with Gasteiger partial charge in [-0.25, -0.2) is 4.79 Å². The molecule has 3 nitrogen and oxygen atoms in total. The Kier molecular flexibility index (Phi) is 2.86. The molecule has 0 spiro atoms. The maximum atomic E-state index is 11.2. The highest BCUT2D eigenvalue weighted by molar-refractivity contribution is 5.94. The Hall–Kier alpha value is -1.51. The van der Waals surface area contributed by atoms with Crippen molar-refractivity contribution in [2.24, 2.45) is 0 Å². The first-order valence-corrected chi connectivity index (χ1v) is 5.70. The van der Waals surface area contributed by atoms with E-state index in [1.165, 1.54) is 0 Å². The lowest BCUT2D eigenvalue weighted by molar-refractivity contribution is 0.0697. The summed E-state index contributed by atoms with van der Waals surface area (Å²) < 4.78 is 0. The summed E-state index contributed by atoms with van der Waals surface area (Å²) in [6.07, 6.45) is 2.29. The first-order chi connectivity index (χ1) is 7.59. The predicted molar refractivity (Wildman–Crippen MR) is 64.2 cm³/mol. The van der Waals surface area contributed by atoms with Crippen molar-refractivity contribution in [1.29, 1.82) is 0 Å². The van der Waals surface area contributed by atoms with Gasteiger partial charge in [-0.1, -0.05) is 6.07 Å². The van der Waals surface area contributed by atoms with E-state index in [2.05, 4.69) is 11.8 Å². The average Bonchev–Trinajstić information content (AvgIpc) is 2.63. The molecular weight excluding hydrogens is 202 g/mol. The fraction of sp³-hybridized carbons (Fsp3) is 0.462. The second-order valence-corrected chi connectivity index (χ2v) is 4.51. The van der Waals surface area contributed by atoms with E-state index in [0.717, 1.165) is 30.6 Å². The normalized spacial score (nSPS) is 20.1. The number of anilines is 1. The van der Waals surface area contributed by atoms with Gasteiger partial charge in [0, 0.05) is 12.6 Å². The average molecular weight is 219 g/mol. The van der Waals surface area contributed by atoms with Crippen LogP contribution in [0.15, 0.2) is 18.2 Å². The van der Waals surface area contributed by atoms with Gasteiger partial charge in [-0.3, -0.25) is 0 Å². The number of carbonyl (C=O) groups is 1. The summed E-state index contributed by atoms with van der Waals surface area (Å²) in [7, 11) is 0. The second-order valence-electron chi connectivity index (χ2n) is 4.51. The molecule has 1 aliphatic heterocycles. The van der Waals surface area contributed by atoms with Crippen LogP contribution in [0.2, 0.25) is 0 Å². The molecule has 0 saturated carbocycles. The number of benzene rings is 1. The molecule has 1 fully saturated rings. The number of aryl methyl sites for hydroxylation is 1. The minimum absolute atomic E-state index is 0.416. The number of rotatable bonds is 2. The Morgan fingerprint density at radius 2 is 2.25 bits per heavy atom. The Bertz CT molecular complexity index is 414. The standard InChI is InChI=1S/C13H17NO2/c1-9-5-6-11(13(15)16)12(8-9)14-7-3-4-10(14)2/h5-6,8,10H,3-4,7H2,1-2H3,(H,15,16). The van der Waals surface area contributed by atoms with E-state index >= 15 is 0 Å². The van der Waals surface area contributed by atoms with Crippen molar-refractivity contribution in [2.75, 3.05) is 11.4 Å². The summed E-state index contributed by atoms with van der Waals surface area (Å²) >= 11 is 0. The molecule has 0 aromatic heterocycles. The van der Waals surface area contributed by atoms with Crippen molar-refractivity contribution in [3.63, 3.8) is 0 Å². The van der Waals surface area contributed by atoms with Crippen LogP contribution in [0.4, 0.5) is 5.69 Å². The van der Waals surface area contributed by atoms with E-state index < -0.39 is 5.97 Å². The first kappa shape index (κ1) is 11.0. The van der Waals surface area contributed by atoms with Gasteiger partial charge in [0.1, 0.15) is 0 Å². The van der Waals surface area contributed by atoms with Crippen molar-refractivity contribution in [3.05, 3.63) is 29.3 Å². The van der Waals surface area contributed by atoms with E-state index in [0.29, 0.717) is 11.6 Å². The number of carboxylic acids is 1. The quantitative estimate of drug-likeness (QED) is 0.831. The van der Waals surface area contributed by atoms with Crippen LogP contribution in [0.5, 0.6) is 0 Å². The summed E-state index contributed by atoms with van der Waals surface area (Å²) in [6.45, 7) is 5.11. The van der Waals surface area contributed by atoms with Crippen LogP contribution < -0.4 is 4.90 Å². The summed E-state index contributed by atoms with van der Waals surface area (Å²) in [5, 5.41) is 9.18. The SMILES string of the molecule is Cc1ccc(C(=O)O)c(N2CCCC2C)c1. The third-order valence-corrected chi connectivity index (χ3v) is 3.25. The minimum atomic E-state index is -0.839. The van der Waals surface area contributed by atoms with E-state index in [-0.39, 0.29) is 0 Å². The topological polar surface area (TPSA) is 40.5 Å². The summed E-state index contributed by atoms with van der Waals surface area (Å²) in [6, 6.07) is 5.98. The fourth-order valence-corrected chi connectivity index (χ4v) is 2.35. The van der Waals surface area contributed by atoms with Crippen molar-refractivity contribution in [3.8, 4) is 0 Å².